The van der Waals surface area contributed by atoms with Gasteiger partial charge in [0.25, 0.3) is 17.7 Å². The lowest BCUT2D eigenvalue weighted by Crippen LogP contribution is -2.28. The number of amides is 3. The highest BCUT2D eigenvalue weighted by molar-refractivity contribution is 7.99. The number of phenolic OH excluding ortho intramolecular Hbond substituents is 1. The number of fused-ring (bicyclic) bond motifs is 2. The van der Waals surface area contributed by atoms with Crippen LogP contribution in [0.15, 0.2) is 107 Å². The van der Waals surface area contributed by atoms with E-state index in [1.807, 2.05) is 86.6 Å². The van der Waals surface area contributed by atoms with Crippen molar-refractivity contribution in [3.05, 3.63) is 131 Å². The van der Waals surface area contributed by atoms with E-state index >= 15 is 0 Å². The Kier molecular flexibility index (Phi) is 13.0. The summed E-state index contributed by atoms with van der Waals surface area (Å²) in [5, 5.41) is 33.7. The van der Waals surface area contributed by atoms with Gasteiger partial charge in [0.1, 0.15) is 17.2 Å². The number of aromatic nitrogens is 1. The van der Waals surface area contributed by atoms with Crippen LogP contribution in [-0.2, 0) is 4.79 Å². The second kappa shape index (κ2) is 18.9. The molecule has 0 saturated carbocycles. The third kappa shape index (κ3) is 10.0. The molecule has 8 N–H and O–H groups in total. The number of aliphatic hydroxyl groups is 1. The molecule has 61 heavy (non-hydrogen) atoms. The van der Waals surface area contributed by atoms with Crippen LogP contribution in [0.25, 0.3) is 10.9 Å². The number of pyridine rings is 1. The average molecular weight is 837 g/mol. The number of nitrogens with zero attached hydrogens (tertiary/aromatic N) is 1. The first-order chi connectivity index (χ1) is 29.5. The van der Waals surface area contributed by atoms with Crippen LogP contribution in [0.4, 0.5) is 22.7 Å². The first-order valence-corrected chi connectivity index (χ1v) is 20.3. The molecular weight excluding hydrogens is 793 g/mol. The van der Waals surface area contributed by atoms with E-state index in [0.717, 1.165) is 49.5 Å². The Balaban J connectivity index is 0.948. The lowest BCUT2D eigenvalue weighted by molar-refractivity contribution is -0.118. The maximum Gasteiger partial charge on any atom is 0.262 e. The van der Waals surface area contributed by atoms with Crippen LogP contribution in [0.5, 0.6) is 17.2 Å². The first-order valence-electron chi connectivity index (χ1n) is 19.5. The Morgan fingerprint density at radius 3 is 2.66 bits per heavy atom. The molecule has 0 fully saturated rings. The topological polar surface area (TPSA) is 197 Å². The van der Waals surface area contributed by atoms with E-state index in [2.05, 4.69) is 38.1 Å². The number of aryl methyl sites for hydroxylation is 2. The standard InChI is InChI=1S/C47H44N6O7S/c1-27-19-29(9-5-4-6-18-49-25-40(55)35-15-17-39(54)44-45(35)60-26-41(56)53-44)14-16-38(27)52-47(58)30-10-7-13-33(21-30)61-34-20-28(2)42-36(23-34)43(37(24-50-42)46(48)57)51-31-11-8-12-32(22-31)59-3/h7-8,10-17,19-24,40,49,54-55H,4,6,18,25-26H2,1-3H3,(H2,48,57)(H,50,51)(H,52,58)(H,53,56)/t40-/m0/s1. The molecule has 0 radical (unpaired) electrons. The Bertz CT molecular complexity index is 2730. The fourth-order valence-corrected chi connectivity index (χ4v) is 7.86. The van der Waals surface area contributed by atoms with Crippen molar-refractivity contribution in [1.82, 2.24) is 10.3 Å². The number of primary amides is 1. The minimum Gasteiger partial charge on any atom is -0.506 e. The number of methoxy groups -OCH3 is 1. The van der Waals surface area contributed by atoms with Gasteiger partial charge in [-0.1, -0.05) is 35.7 Å². The van der Waals surface area contributed by atoms with Gasteiger partial charge in [0.15, 0.2) is 12.4 Å². The summed E-state index contributed by atoms with van der Waals surface area (Å²) in [5.41, 5.74) is 12.5. The van der Waals surface area contributed by atoms with Crippen molar-refractivity contribution in [3.8, 4) is 29.1 Å². The molecule has 1 aliphatic rings. The number of rotatable bonds is 14. The Labute approximate surface area is 357 Å². The van der Waals surface area contributed by atoms with Crippen molar-refractivity contribution in [1.29, 1.82) is 0 Å². The number of aliphatic hydroxyl groups excluding tert-OH is 1. The van der Waals surface area contributed by atoms with Crippen molar-refractivity contribution in [2.75, 3.05) is 42.8 Å². The molecule has 3 amide bonds. The SMILES string of the molecule is COc1cccc(Nc2c(C(N)=O)cnc3c(C)cc(Sc4cccc(C(=O)Nc5ccc(C#CCCCNC[C@H](O)c6ccc(O)c7c6OCC(=O)N7)cc5C)c4)cc23)c1. The highest BCUT2D eigenvalue weighted by Crippen LogP contribution is 2.41. The summed E-state index contributed by atoms with van der Waals surface area (Å²) in [6, 6.07) is 27.4. The van der Waals surface area contributed by atoms with Crippen molar-refractivity contribution in [2.45, 2.75) is 42.6 Å². The molecule has 6 aromatic rings. The van der Waals surface area contributed by atoms with E-state index in [1.54, 1.807) is 19.2 Å². The molecule has 13 nitrogen and oxygen atoms in total. The summed E-state index contributed by atoms with van der Waals surface area (Å²) in [5.74, 6) is 5.96. The van der Waals surface area contributed by atoms with E-state index in [-0.39, 0.29) is 47.7 Å². The van der Waals surface area contributed by atoms with Crippen molar-refractivity contribution in [3.63, 3.8) is 0 Å². The van der Waals surface area contributed by atoms with E-state index in [0.29, 0.717) is 41.2 Å². The third-order valence-electron chi connectivity index (χ3n) is 9.91. The van der Waals surface area contributed by atoms with Crippen LogP contribution in [-0.4, -0.2) is 59.7 Å². The van der Waals surface area contributed by atoms with E-state index < -0.39 is 12.0 Å². The quantitative estimate of drug-likeness (QED) is 0.0324. The van der Waals surface area contributed by atoms with Crippen LogP contribution in [0, 0.1) is 25.7 Å². The molecule has 0 aliphatic carbocycles. The van der Waals surface area contributed by atoms with Gasteiger partial charge in [0.2, 0.25) is 0 Å². The Hall–Kier alpha value is -7.05. The smallest absolute Gasteiger partial charge is 0.262 e. The summed E-state index contributed by atoms with van der Waals surface area (Å²) in [6.07, 6.45) is 1.97. The van der Waals surface area contributed by atoms with Crippen LogP contribution >= 0.6 is 11.8 Å². The molecule has 310 valence electrons. The second-order valence-electron chi connectivity index (χ2n) is 14.4. The summed E-state index contributed by atoms with van der Waals surface area (Å²) in [6.45, 7) is 4.57. The Morgan fingerprint density at radius 1 is 1.02 bits per heavy atom. The molecular formula is C47H44N6O7S. The molecule has 7 rings (SSSR count). The zero-order valence-electron chi connectivity index (χ0n) is 33.7. The maximum absolute atomic E-state index is 13.5. The molecule has 0 unspecified atom stereocenters. The highest BCUT2D eigenvalue weighted by atomic mass is 32.2. The van der Waals surface area contributed by atoms with Crippen LogP contribution in [0.2, 0.25) is 0 Å². The molecule has 1 aromatic heterocycles. The van der Waals surface area contributed by atoms with Crippen LogP contribution in [0.1, 0.15) is 61.9 Å². The summed E-state index contributed by atoms with van der Waals surface area (Å²) >= 11 is 1.49. The predicted molar refractivity (Wildman–Crippen MR) is 237 cm³/mol. The van der Waals surface area contributed by atoms with Crippen molar-refractivity contribution >= 4 is 63.1 Å². The van der Waals surface area contributed by atoms with Gasteiger partial charge >= 0.3 is 0 Å². The number of ether oxygens (including phenoxy) is 2. The molecule has 2 heterocycles. The Morgan fingerprint density at radius 2 is 1.85 bits per heavy atom. The van der Waals surface area contributed by atoms with E-state index in [1.165, 1.54) is 24.0 Å². The lowest BCUT2D eigenvalue weighted by atomic mass is 10.0. The molecule has 0 bridgehead atoms. The lowest BCUT2D eigenvalue weighted by Gasteiger charge is -2.23. The third-order valence-corrected chi connectivity index (χ3v) is 10.9. The molecule has 1 aliphatic heterocycles. The van der Waals surface area contributed by atoms with Crippen LogP contribution < -0.4 is 36.5 Å². The first kappa shape index (κ1) is 42.1. The minimum absolute atomic E-state index is 0.122. The van der Waals surface area contributed by atoms with Crippen LogP contribution in [0.3, 0.4) is 0 Å². The number of phenols is 1. The number of hydrogen-bond donors (Lipinski definition) is 7. The van der Waals surface area contributed by atoms with Crippen molar-refractivity contribution in [2.24, 2.45) is 5.73 Å². The number of benzene rings is 5. The number of nitrogens with two attached hydrogens (primary N) is 1. The van der Waals surface area contributed by atoms with E-state index in [9.17, 15) is 24.6 Å². The predicted octanol–water partition coefficient (Wildman–Crippen LogP) is 7.60. The number of carbonyl (C=O) groups is 3. The second-order valence-corrected chi connectivity index (χ2v) is 15.5. The normalized spacial score (nSPS) is 12.3. The fourth-order valence-electron chi connectivity index (χ4n) is 6.84. The van der Waals surface area contributed by atoms with Crippen molar-refractivity contribution < 1.29 is 34.1 Å². The minimum atomic E-state index is -0.901. The van der Waals surface area contributed by atoms with Gasteiger partial charge in [-0.2, -0.15) is 0 Å². The fraction of sp³-hybridized carbons (Fsp3) is 0.191. The monoisotopic (exact) mass is 836 g/mol. The maximum atomic E-state index is 13.5. The number of hydrogen-bond acceptors (Lipinski definition) is 11. The summed E-state index contributed by atoms with van der Waals surface area (Å²) in [7, 11) is 1.59. The number of aromatic hydroxyl groups is 1. The number of carbonyl (C=O) groups excluding carboxylic acids is 3. The van der Waals surface area contributed by atoms with Gasteiger partial charge in [-0.3, -0.25) is 19.4 Å². The van der Waals surface area contributed by atoms with Gasteiger partial charge < -0.3 is 46.7 Å². The van der Waals surface area contributed by atoms with Gasteiger partial charge in [-0.15, -0.1) is 0 Å². The molecule has 0 spiro atoms. The van der Waals surface area contributed by atoms with Gasteiger partial charge in [-0.05, 0) is 111 Å². The molecule has 5 aromatic carbocycles. The van der Waals surface area contributed by atoms with Gasteiger partial charge in [-0.25, -0.2) is 0 Å². The van der Waals surface area contributed by atoms with E-state index in [4.69, 9.17) is 15.2 Å². The number of unbranched alkanes of at least 4 members (excludes halogenated alkanes) is 1. The summed E-state index contributed by atoms with van der Waals surface area (Å²) in [4.78, 5) is 44.0. The van der Waals surface area contributed by atoms with Gasteiger partial charge in [0, 0.05) is 68.5 Å². The summed E-state index contributed by atoms with van der Waals surface area (Å²) < 4.78 is 10.9. The number of nitrogens with one attached hydrogen (secondary N) is 4. The molecule has 0 saturated heterocycles. The van der Waals surface area contributed by atoms with Gasteiger partial charge in [0.05, 0.1) is 30.0 Å². The highest BCUT2D eigenvalue weighted by Gasteiger charge is 2.25. The average Bonchev–Trinajstić information content (AvgIpc) is 3.24. The largest absolute Gasteiger partial charge is 0.506 e. The zero-order chi connectivity index (χ0) is 43.0. The number of anilines is 4. The molecule has 14 heteroatoms. The zero-order valence-corrected chi connectivity index (χ0v) is 34.5. The molecule has 1 atom stereocenters.